The van der Waals surface area contributed by atoms with E-state index in [9.17, 15) is 13.2 Å². The number of carbonyl (C=O) groups is 1. The van der Waals surface area contributed by atoms with E-state index in [1.54, 1.807) is 35.6 Å². The predicted molar refractivity (Wildman–Crippen MR) is 140 cm³/mol. The Kier molecular flexibility index (Phi) is 7.73. The molecular weight excluding hydrogens is 478 g/mol. The quantitative estimate of drug-likeness (QED) is 0.359. The molecule has 4 aromatic rings. The van der Waals surface area contributed by atoms with Crippen molar-refractivity contribution in [2.45, 2.75) is 38.0 Å². The summed E-state index contributed by atoms with van der Waals surface area (Å²) in [6, 6.07) is 20.5. The minimum atomic E-state index is -3.46. The summed E-state index contributed by atoms with van der Waals surface area (Å²) in [5.41, 5.74) is 4.58. The van der Waals surface area contributed by atoms with Crippen LogP contribution in [0.15, 0.2) is 83.2 Å². The van der Waals surface area contributed by atoms with E-state index in [4.69, 9.17) is 0 Å². The number of fused-ring (bicyclic) bond motifs is 1. The number of pyridine rings is 1. The molecule has 1 aliphatic heterocycles. The molecule has 0 spiro atoms. The fourth-order valence-corrected chi connectivity index (χ4v) is 6.39. The van der Waals surface area contributed by atoms with Crippen molar-refractivity contribution in [3.05, 3.63) is 94.4 Å². The van der Waals surface area contributed by atoms with Gasteiger partial charge in [0.25, 0.3) is 10.0 Å². The number of thiazole rings is 1. The molecule has 1 aliphatic rings. The van der Waals surface area contributed by atoms with Crippen LogP contribution in [-0.2, 0) is 27.7 Å². The number of nitrogens with zero attached hydrogens (tertiary/aromatic N) is 3. The van der Waals surface area contributed by atoms with E-state index in [0.29, 0.717) is 17.9 Å². The van der Waals surface area contributed by atoms with Crippen molar-refractivity contribution in [3.8, 4) is 11.4 Å². The van der Waals surface area contributed by atoms with Gasteiger partial charge in [0, 0.05) is 18.1 Å². The van der Waals surface area contributed by atoms with E-state index >= 15 is 0 Å². The van der Waals surface area contributed by atoms with Gasteiger partial charge in [0.2, 0.25) is 0 Å². The maximum absolute atomic E-state index is 12.8. The van der Waals surface area contributed by atoms with Crippen LogP contribution in [0.1, 0.15) is 29.5 Å². The van der Waals surface area contributed by atoms with Crippen LogP contribution in [-0.4, -0.2) is 30.7 Å². The summed E-state index contributed by atoms with van der Waals surface area (Å²) in [5, 5.41) is 2.78. The third-order valence-corrected chi connectivity index (χ3v) is 8.18. The number of aryl methyl sites for hydroxylation is 2. The highest BCUT2D eigenvalue weighted by Gasteiger charge is 2.28. The van der Waals surface area contributed by atoms with Gasteiger partial charge in [-0.25, -0.2) is 13.4 Å². The predicted octanol–water partition coefficient (Wildman–Crippen LogP) is 5.47. The SMILES string of the molecule is CC(=O)Cc1nc(-c2ccccn2)cs1.Cc1cccc(S(=O)(=O)N2CCCc3ccccc32)c1. The molecule has 0 fully saturated rings. The highest BCUT2D eigenvalue weighted by Crippen LogP contribution is 2.31. The summed E-state index contributed by atoms with van der Waals surface area (Å²) < 4.78 is 27.2. The summed E-state index contributed by atoms with van der Waals surface area (Å²) in [6.45, 7) is 4.03. The first kappa shape index (κ1) is 24.8. The maximum atomic E-state index is 12.8. The summed E-state index contributed by atoms with van der Waals surface area (Å²) >= 11 is 1.50. The number of ketones is 1. The second kappa shape index (κ2) is 10.9. The maximum Gasteiger partial charge on any atom is 0.264 e. The second-order valence-electron chi connectivity index (χ2n) is 8.35. The van der Waals surface area contributed by atoms with Gasteiger partial charge in [0.15, 0.2) is 0 Å². The van der Waals surface area contributed by atoms with Crippen molar-refractivity contribution < 1.29 is 13.2 Å². The summed E-state index contributed by atoms with van der Waals surface area (Å²) in [4.78, 5) is 19.8. The first-order valence-electron chi connectivity index (χ1n) is 11.4. The number of carbonyl (C=O) groups excluding carboxylic acids is 1. The highest BCUT2D eigenvalue weighted by atomic mass is 32.2. The Morgan fingerprint density at radius 2 is 1.83 bits per heavy atom. The molecule has 0 unspecified atom stereocenters. The lowest BCUT2D eigenvalue weighted by molar-refractivity contribution is -0.116. The topological polar surface area (TPSA) is 80.2 Å². The molecule has 0 saturated carbocycles. The van der Waals surface area contributed by atoms with Gasteiger partial charge in [-0.3, -0.25) is 14.1 Å². The van der Waals surface area contributed by atoms with Crippen molar-refractivity contribution in [1.82, 2.24) is 9.97 Å². The third-order valence-electron chi connectivity index (χ3n) is 5.52. The number of hydrogen-bond acceptors (Lipinski definition) is 6. The fraction of sp³-hybridized carbons (Fsp3) is 0.222. The normalized spacial score (nSPS) is 12.9. The molecule has 8 heteroatoms. The number of rotatable bonds is 5. The highest BCUT2D eigenvalue weighted by molar-refractivity contribution is 7.92. The van der Waals surface area contributed by atoms with Crippen LogP contribution in [0.5, 0.6) is 0 Å². The lowest BCUT2D eigenvalue weighted by Gasteiger charge is -2.30. The zero-order valence-corrected chi connectivity index (χ0v) is 21.3. The molecule has 180 valence electrons. The molecule has 0 bridgehead atoms. The number of hydrogen-bond donors (Lipinski definition) is 0. The van der Waals surface area contributed by atoms with Crippen LogP contribution in [0.3, 0.4) is 0 Å². The van der Waals surface area contributed by atoms with Gasteiger partial charge in [-0.1, -0.05) is 36.4 Å². The fourth-order valence-electron chi connectivity index (χ4n) is 3.89. The Balaban J connectivity index is 0.000000172. The van der Waals surface area contributed by atoms with Crippen molar-refractivity contribution in [1.29, 1.82) is 0 Å². The minimum absolute atomic E-state index is 0.136. The Morgan fingerprint density at radius 3 is 2.57 bits per heavy atom. The molecule has 0 aliphatic carbocycles. The van der Waals surface area contributed by atoms with E-state index < -0.39 is 10.0 Å². The van der Waals surface area contributed by atoms with E-state index in [1.165, 1.54) is 11.3 Å². The Labute approximate surface area is 210 Å². The third kappa shape index (κ3) is 6.01. The molecule has 2 aromatic carbocycles. The van der Waals surface area contributed by atoms with Crippen LogP contribution in [0.25, 0.3) is 11.4 Å². The van der Waals surface area contributed by atoms with Gasteiger partial charge in [0.05, 0.1) is 28.4 Å². The van der Waals surface area contributed by atoms with Gasteiger partial charge in [-0.05, 0) is 68.1 Å². The largest absolute Gasteiger partial charge is 0.300 e. The Morgan fingerprint density at radius 1 is 1.03 bits per heavy atom. The van der Waals surface area contributed by atoms with E-state index in [1.807, 2.05) is 60.8 Å². The molecule has 35 heavy (non-hydrogen) atoms. The lowest BCUT2D eigenvalue weighted by atomic mass is 10.0. The van der Waals surface area contributed by atoms with Gasteiger partial charge in [-0.2, -0.15) is 0 Å². The number of anilines is 1. The molecule has 0 amide bonds. The number of benzene rings is 2. The molecule has 6 nitrogen and oxygen atoms in total. The second-order valence-corrected chi connectivity index (χ2v) is 11.2. The first-order chi connectivity index (χ1) is 16.8. The molecule has 0 atom stereocenters. The van der Waals surface area contributed by atoms with E-state index in [2.05, 4.69) is 9.97 Å². The lowest BCUT2D eigenvalue weighted by Crippen LogP contribution is -2.35. The molecular formula is C27H27N3O3S2. The van der Waals surface area contributed by atoms with E-state index in [0.717, 1.165) is 46.1 Å². The van der Waals surface area contributed by atoms with Crippen LogP contribution in [0.4, 0.5) is 5.69 Å². The zero-order valence-electron chi connectivity index (χ0n) is 19.7. The minimum Gasteiger partial charge on any atom is -0.300 e. The van der Waals surface area contributed by atoms with Gasteiger partial charge >= 0.3 is 0 Å². The molecule has 0 saturated heterocycles. The van der Waals surface area contributed by atoms with Crippen LogP contribution >= 0.6 is 11.3 Å². The molecule has 3 heterocycles. The monoisotopic (exact) mass is 505 g/mol. The number of aromatic nitrogens is 2. The molecule has 5 rings (SSSR count). The summed E-state index contributed by atoms with van der Waals surface area (Å²) in [7, 11) is -3.46. The number of sulfonamides is 1. The number of para-hydroxylation sites is 1. The smallest absolute Gasteiger partial charge is 0.264 e. The van der Waals surface area contributed by atoms with Crippen LogP contribution in [0.2, 0.25) is 0 Å². The number of Topliss-reactive ketones (excluding diaryl/α,β-unsaturated/α-hetero) is 1. The molecule has 2 aromatic heterocycles. The average Bonchev–Trinajstić information content (AvgIpc) is 3.32. The standard InChI is InChI=1S/C16H17NO2S.C11H10N2OS/c1-13-6-4-9-15(12-13)20(18,19)17-11-5-8-14-7-2-3-10-16(14)17;1-8(14)6-11-13-10(7-15-11)9-4-2-3-5-12-9/h2-4,6-7,9-10,12H,5,8,11H2,1H3;2-5,7H,6H2,1H3. The van der Waals surface area contributed by atoms with Crippen molar-refractivity contribution in [2.24, 2.45) is 0 Å². The van der Waals surface area contributed by atoms with E-state index in [-0.39, 0.29) is 5.78 Å². The van der Waals surface area contributed by atoms with Crippen LogP contribution in [0, 0.1) is 6.92 Å². The van der Waals surface area contributed by atoms with Gasteiger partial charge in [0.1, 0.15) is 10.8 Å². The Bertz CT molecular complexity index is 1420. The summed E-state index contributed by atoms with van der Waals surface area (Å²) in [5.74, 6) is 0.136. The average molecular weight is 506 g/mol. The van der Waals surface area contributed by atoms with Gasteiger partial charge in [-0.15, -0.1) is 11.3 Å². The van der Waals surface area contributed by atoms with Gasteiger partial charge < -0.3 is 0 Å². The Hall–Kier alpha value is -3.36. The molecule has 0 radical (unpaired) electrons. The zero-order chi connectivity index (χ0) is 24.8. The summed E-state index contributed by atoms with van der Waals surface area (Å²) in [6.07, 6.45) is 3.95. The molecule has 0 N–H and O–H groups in total. The first-order valence-corrected chi connectivity index (χ1v) is 13.7. The van der Waals surface area contributed by atoms with Crippen LogP contribution < -0.4 is 4.31 Å². The van der Waals surface area contributed by atoms with Crippen molar-refractivity contribution in [3.63, 3.8) is 0 Å². The van der Waals surface area contributed by atoms with Crippen molar-refractivity contribution >= 4 is 32.8 Å². The van der Waals surface area contributed by atoms with Crippen molar-refractivity contribution in [2.75, 3.05) is 10.8 Å².